The van der Waals surface area contributed by atoms with Crippen LogP contribution in [0.3, 0.4) is 0 Å². The molecule has 0 bridgehead atoms. The SMILES string of the molecule is C=C(N=C/C(=C\N)c1cnc2[nH]cc(C(=O)c3c(F)ccc(NS(=O)(=O)c4cccc(F)c4)c3F)c2c1)NC(C)C. The van der Waals surface area contributed by atoms with Crippen molar-refractivity contribution in [3.63, 3.8) is 0 Å². The third-order valence-corrected chi connectivity index (χ3v) is 7.14. The highest BCUT2D eigenvalue weighted by Gasteiger charge is 2.26. The molecule has 41 heavy (non-hydrogen) atoms. The predicted molar refractivity (Wildman–Crippen MR) is 151 cm³/mol. The van der Waals surface area contributed by atoms with Crippen molar-refractivity contribution in [1.82, 2.24) is 15.3 Å². The first-order chi connectivity index (χ1) is 19.4. The van der Waals surface area contributed by atoms with Gasteiger partial charge in [-0.1, -0.05) is 12.6 Å². The van der Waals surface area contributed by atoms with Crippen LogP contribution in [0.4, 0.5) is 18.9 Å². The Labute approximate surface area is 233 Å². The number of hydrogen-bond donors (Lipinski definition) is 4. The van der Waals surface area contributed by atoms with Crippen molar-refractivity contribution in [2.24, 2.45) is 10.7 Å². The van der Waals surface area contributed by atoms with E-state index >= 15 is 4.39 Å². The fourth-order valence-electron chi connectivity index (χ4n) is 3.89. The number of carbonyl (C=O) groups excluding carboxylic acids is 1. The van der Waals surface area contributed by atoms with Gasteiger partial charge in [-0.15, -0.1) is 0 Å². The number of hydrogen-bond acceptors (Lipinski definition) is 7. The number of sulfonamides is 1. The second kappa shape index (κ2) is 11.7. The molecule has 2 aromatic heterocycles. The number of allylic oxidation sites excluding steroid dienone is 1. The summed E-state index contributed by atoms with van der Waals surface area (Å²) in [5, 5.41) is 3.25. The zero-order chi connectivity index (χ0) is 29.9. The molecule has 4 aromatic rings. The molecule has 0 spiro atoms. The lowest BCUT2D eigenvalue weighted by atomic mass is 10.00. The summed E-state index contributed by atoms with van der Waals surface area (Å²) in [6.07, 6.45) is 5.43. The molecule has 13 heteroatoms. The number of nitrogens with two attached hydrogens (primary N) is 1. The molecule has 2 aromatic carbocycles. The number of pyridine rings is 1. The van der Waals surface area contributed by atoms with Crippen molar-refractivity contribution in [3.8, 4) is 0 Å². The molecule has 0 radical (unpaired) electrons. The van der Waals surface area contributed by atoms with Gasteiger partial charge >= 0.3 is 0 Å². The highest BCUT2D eigenvalue weighted by atomic mass is 32.2. The molecule has 9 nitrogen and oxygen atoms in total. The van der Waals surface area contributed by atoms with Gasteiger partial charge in [0, 0.05) is 52.9 Å². The van der Waals surface area contributed by atoms with Crippen molar-refractivity contribution in [1.29, 1.82) is 0 Å². The van der Waals surface area contributed by atoms with E-state index in [0.29, 0.717) is 17.0 Å². The van der Waals surface area contributed by atoms with Gasteiger partial charge in [0.05, 0.1) is 16.1 Å². The average Bonchev–Trinajstić information content (AvgIpc) is 3.34. The number of anilines is 1. The number of nitrogens with one attached hydrogen (secondary N) is 3. The third-order valence-electron chi connectivity index (χ3n) is 5.77. The van der Waals surface area contributed by atoms with Gasteiger partial charge in [-0.3, -0.25) is 9.52 Å². The topological polar surface area (TPSA) is 142 Å². The average molecular weight is 583 g/mol. The molecule has 0 aliphatic heterocycles. The molecule has 0 aliphatic rings. The lowest BCUT2D eigenvalue weighted by Gasteiger charge is -2.12. The van der Waals surface area contributed by atoms with Crippen molar-refractivity contribution < 1.29 is 26.4 Å². The lowest BCUT2D eigenvalue weighted by Crippen LogP contribution is -2.20. The van der Waals surface area contributed by atoms with Gasteiger partial charge in [0.25, 0.3) is 10.0 Å². The molecular formula is C28H25F3N6O3S. The number of halogens is 3. The summed E-state index contributed by atoms with van der Waals surface area (Å²) in [4.78, 5) is 24.2. The Balaban J connectivity index is 1.70. The number of H-pyrrole nitrogens is 1. The molecule has 0 saturated heterocycles. The fourth-order valence-corrected chi connectivity index (χ4v) is 4.98. The van der Waals surface area contributed by atoms with Crippen LogP contribution in [0, 0.1) is 17.5 Å². The van der Waals surface area contributed by atoms with E-state index in [1.165, 1.54) is 24.8 Å². The van der Waals surface area contributed by atoms with Gasteiger partial charge < -0.3 is 16.0 Å². The number of ketones is 1. The van der Waals surface area contributed by atoms with Crippen molar-refractivity contribution >= 4 is 44.3 Å². The first-order valence-corrected chi connectivity index (χ1v) is 13.6. The van der Waals surface area contributed by atoms with Gasteiger partial charge in [-0.05, 0) is 50.2 Å². The maximum absolute atomic E-state index is 15.5. The molecule has 2 heterocycles. The normalized spacial score (nSPS) is 12.3. The Morgan fingerprint density at radius 2 is 1.93 bits per heavy atom. The number of aromatic amines is 1. The van der Waals surface area contributed by atoms with Gasteiger partial charge in [-0.2, -0.15) is 0 Å². The van der Waals surface area contributed by atoms with Crippen LogP contribution in [-0.2, 0) is 10.0 Å². The van der Waals surface area contributed by atoms with E-state index < -0.39 is 49.4 Å². The Hall–Kier alpha value is -4.91. The van der Waals surface area contributed by atoms with Crippen molar-refractivity contribution in [3.05, 3.63) is 108 Å². The standard InChI is InChI=1S/C28H25F3N6O3S/c1-15(2)36-16(3)33-13-18(11-32)17-9-21-22(14-35-28(21)34-12-17)27(38)25-23(30)7-8-24(26(25)31)37-41(39,40)20-6-4-5-19(29)10-20/h4-15,36-37H,3,32H2,1-2H3,(H,34,35)/b18-11+,33-13?. The largest absolute Gasteiger partial charge is 0.404 e. The number of benzene rings is 2. The Morgan fingerprint density at radius 3 is 2.61 bits per heavy atom. The zero-order valence-electron chi connectivity index (χ0n) is 21.9. The minimum atomic E-state index is -4.46. The first-order valence-electron chi connectivity index (χ1n) is 12.1. The molecule has 5 N–H and O–H groups in total. The molecule has 0 saturated carbocycles. The van der Waals surface area contributed by atoms with Crippen LogP contribution in [0.1, 0.15) is 35.3 Å². The van der Waals surface area contributed by atoms with E-state index in [4.69, 9.17) is 5.73 Å². The lowest BCUT2D eigenvalue weighted by molar-refractivity contribution is 0.103. The number of fused-ring (bicyclic) bond motifs is 1. The highest BCUT2D eigenvalue weighted by molar-refractivity contribution is 7.92. The van der Waals surface area contributed by atoms with Gasteiger partial charge in [0.15, 0.2) is 5.82 Å². The van der Waals surface area contributed by atoms with E-state index in [1.54, 1.807) is 6.07 Å². The molecule has 0 unspecified atom stereocenters. The maximum Gasteiger partial charge on any atom is 0.262 e. The maximum atomic E-state index is 15.5. The summed E-state index contributed by atoms with van der Waals surface area (Å²) in [7, 11) is -4.46. The highest BCUT2D eigenvalue weighted by Crippen LogP contribution is 2.29. The third kappa shape index (κ3) is 6.30. The number of carbonyl (C=O) groups is 1. The van der Waals surface area contributed by atoms with Crippen molar-refractivity contribution in [2.75, 3.05) is 4.72 Å². The second-order valence-electron chi connectivity index (χ2n) is 9.12. The minimum absolute atomic E-state index is 0.104. The monoisotopic (exact) mass is 582 g/mol. The van der Waals surface area contributed by atoms with E-state index in [0.717, 1.165) is 36.4 Å². The van der Waals surface area contributed by atoms with E-state index in [-0.39, 0.29) is 22.6 Å². The number of rotatable bonds is 10. The second-order valence-corrected chi connectivity index (χ2v) is 10.8. The summed E-state index contributed by atoms with van der Waals surface area (Å²) in [6, 6.07) is 7.26. The molecule has 0 fully saturated rings. The smallest absolute Gasteiger partial charge is 0.262 e. The van der Waals surface area contributed by atoms with Crippen LogP contribution in [0.2, 0.25) is 0 Å². The molecule has 0 amide bonds. The summed E-state index contributed by atoms with van der Waals surface area (Å²) < 4.78 is 71.2. The quantitative estimate of drug-likeness (QED) is 0.156. The number of aliphatic imine (C=N–C) groups is 1. The van der Waals surface area contributed by atoms with Crippen LogP contribution in [0.15, 0.2) is 83.3 Å². The Bertz CT molecular complexity index is 1830. The predicted octanol–water partition coefficient (Wildman–Crippen LogP) is 4.85. The molecular weight excluding hydrogens is 557 g/mol. The van der Waals surface area contributed by atoms with Gasteiger partial charge in [0.1, 0.15) is 23.1 Å². The van der Waals surface area contributed by atoms with Crippen molar-refractivity contribution in [2.45, 2.75) is 24.8 Å². The van der Waals surface area contributed by atoms with Crippen LogP contribution in [-0.4, -0.2) is 36.4 Å². The molecule has 0 atom stereocenters. The number of aromatic nitrogens is 2. The summed E-state index contributed by atoms with van der Waals surface area (Å²) in [5.74, 6) is -4.17. The Morgan fingerprint density at radius 1 is 1.17 bits per heavy atom. The molecule has 4 rings (SSSR count). The molecule has 212 valence electrons. The van der Waals surface area contributed by atoms with E-state index in [1.807, 2.05) is 18.6 Å². The van der Waals surface area contributed by atoms with Crippen LogP contribution in [0.5, 0.6) is 0 Å². The van der Waals surface area contributed by atoms with Crippen LogP contribution < -0.4 is 15.8 Å². The number of nitrogens with zero attached hydrogens (tertiary/aromatic N) is 2. The summed E-state index contributed by atoms with van der Waals surface area (Å²) in [6.45, 7) is 7.64. The van der Waals surface area contributed by atoms with Crippen LogP contribution in [0.25, 0.3) is 16.6 Å². The van der Waals surface area contributed by atoms with Crippen LogP contribution >= 0.6 is 0 Å². The summed E-state index contributed by atoms with van der Waals surface area (Å²) in [5.41, 5.74) is 5.08. The molecule has 0 aliphatic carbocycles. The van der Waals surface area contributed by atoms with E-state index in [2.05, 4.69) is 26.9 Å². The Kier molecular flexibility index (Phi) is 8.28. The van der Waals surface area contributed by atoms with Gasteiger partial charge in [-0.25, -0.2) is 31.6 Å². The first kappa shape index (κ1) is 29.1. The van der Waals surface area contributed by atoms with Gasteiger partial charge in [0.2, 0.25) is 5.78 Å². The van der Waals surface area contributed by atoms with E-state index in [9.17, 15) is 22.0 Å². The fraction of sp³-hybridized carbons (Fsp3) is 0.107. The zero-order valence-corrected chi connectivity index (χ0v) is 22.7. The summed E-state index contributed by atoms with van der Waals surface area (Å²) >= 11 is 0. The minimum Gasteiger partial charge on any atom is -0.404 e.